The Labute approximate surface area is 140 Å². The van der Waals surface area contributed by atoms with Crippen LogP contribution in [-0.2, 0) is 12.8 Å². The molecule has 0 spiro atoms. The summed E-state index contributed by atoms with van der Waals surface area (Å²) in [5.41, 5.74) is 8.57. The molecular weight excluding hydrogens is 334 g/mol. The number of nitrogens with two attached hydrogens (primary N) is 1. The molecule has 23 heavy (non-hydrogen) atoms. The molecule has 8 heteroatoms. The summed E-state index contributed by atoms with van der Waals surface area (Å²) in [4.78, 5) is 13.3. The van der Waals surface area contributed by atoms with Crippen LogP contribution in [0, 0.1) is 0 Å². The molecule has 1 amide bonds. The molecule has 4 N–H and O–H groups in total. The van der Waals surface area contributed by atoms with Crippen LogP contribution in [0.4, 0.5) is 0 Å². The Morgan fingerprint density at radius 2 is 2.35 bits per heavy atom. The Bertz CT molecular complexity index is 850. The third-order valence-electron chi connectivity index (χ3n) is 3.76. The SMILES string of the molecule is NC(=O)c1sc(OC2=CNC(O)C=C2)c2c1CCc1cnsc1-2. The number of hydrogen-bond donors (Lipinski definition) is 3. The number of aromatic nitrogens is 1. The second-order valence-corrected chi connectivity index (χ2v) is 7.02. The van der Waals surface area contributed by atoms with Crippen molar-refractivity contribution in [3.8, 4) is 15.5 Å². The Hall–Kier alpha value is -2.16. The van der Waals surface area contributed by atoms with E-state index in [1.54, 1.807) is 18.4 Å². The van der Waals surface area contributed by atoms with Crippen molar-refractivity contribution >= 4 is 28.8 Å². The maximum atomic E-state index is 11.8. The van der Waals surface area contributed by atoms with E-state index in [0.717, 1.165) is 28.8 Å². The highest BCUT2D eigenvalue weighted by molar-refractivity contribution is 7.17. The average molecular weight is 347 g/mol. The predicted octanol–water partition coefficient (Wildman–Crippen LogP) is 1.77. The number of rotatable bonds is 3. The van der Waals surface area contributed by atoms with E-state index < -0.39 is 12.1 Å². The highest BCUT2D eigenvalue weighted by atomic mass is 32.1. The molecule has 0 radical (unpaired) electrons. The fourth-order valence-electron chi connectivity index (χ4n) is 2.71. The van der Waals surface area contributed by atoms with E-state index in [0.29, 0.717) is 15.7 Å². The first-order chi connectivity index (χ1) is 11.1. The van der Waals surface area contributed by atoms with Crippen LogP contribution in [0.1, 0.15) is 20.8 Å². The molecule has 0 saturated carbocycles. The van der Waals surface area contributed by atoms with Crippen molar-refractivity contribution in [2.45, 2.75) is 19.1 Å². The summed E-state index contributed by atoms with van der Waals surface area (Å²) in [6.45, 7) is 0. The van der Waals surface area contributed by atoms with E-state index in [2.05, 4.69) is 9.69 Å². The zero-order valence-corrected chi connectivity index (χ0v) is 13.5. The lowest BCUT2D eigenvalue weighted by atomic mass is 9.93. The maximum absolute atomic E-state index is 11.8. The quantitative estimate of drug-likeness (QED) is 0.786. The van der Waals surface area contributed by atoms with Crippen molar-refractivity contribution in [1.29, 1.82) is 0 Å². The minimum Gasteiger partial charge on any atom is -0.444 e. The van der Waals surface area contributed by atoms with E-state index in [1.807, 2.05) is 6.20 Å². The smallest absolute Gasteiger partial charge is 0.259 e. The molecule has 0 fully saturated rings. The third kappa shape index (κ3) is 2.44. The molecule has 0 aromatic carbocycles. The van der Waals surface area contributed by atoms with Crippen LogP contribution in [0.3, 0.4) is 0 Å². The van der Waals surface area contributed by atoms with E-state index in [1.165, 1.54) is 28.4 Å². The van der Waals surface area contributed by atoms with Gasteiger partial charge >= 0.3 is 0 Å². The number of carbonyl (C=O) groups is 1. The monoisotopic (exact) mass is 347 g/mol. The number of nitrogens with one attached hydrogen (secondary N) is 1. The Kier molecular flexibility index (Phi) is 3.44. The summed E-state index contributed by atoms with van der Waals surface area (Å²) in [6.07, 6.45) is 7.63. The van der Waals surface area contributed by atoms with Crippen LogP contribution in [0.15, 0.2) is 30.3 Å². The van der Waals surface area contributed by atoms with Gasteiger partial charge in [0.2, 0.25) is 0 Å². The van der Waals surface area contributed by atoms with Gasteiger partial charge in [0.15, 0.2) is 5.06 Å². The highest BCUT2D eigenvalue weighted by Crippen LogP contribution is 2.49. The van der Waals surface area contributed by atoms with Gasteiger partial charge < -0.3 is 20.9 Å². The van der Waals surface area contributed by atoms with Crippen molar-refractivity contribution < 1.29 is 14.6 Å². The Balaban J connectivity index is 1.79. The molecule has 2 aromatic heterocycles. The third-order valence-corrected chi connectivity index (χ3v) is 5.75. The van der Waals surface area contributed by atoms with Crippen molar-refractivity contribution in [2.75, 3.05) is 0 Å². The predicted molar refractivity (Wildman–Crippen MR) is 88.3 cm³/mol. The minimum atomic E-state index is -0.714. The number of aliphatic hydroxyl groups excluding tert-OH is 1. The lowest BCUT2D eigenvalue weighted by molar-refractivity contribution is 0.100. The fourth-order valence-corrected chi connectivity index (χ4v) is 4.72. The summed E-state index contributed by atoms with van der Waals surface area (Å²) in [7, 11) is 0. The molecule has 4 rings (SSSR count). The fraction of sp³-hybridized carbons (Fsp3) is 0.200. The molecule has 1 aliphatic carbocycles. The Morgan fingerprint density at radius 1 is 1.48 bits per heavy atom. The van der Waals surface area contributed by atoms with Crippen molar-refractivity contribution in [2.24, 2.45) is 5.73 Å². The zero-order valence-electron chi connectivity index (χ0n) is 11.9. The molecule has 3 heterocycles. The van der Waals surface area contributed by atoms with E-state index >= 15 is 0 Å². The van der Waals surface area contributed by atoms with Gasteiger partial charge in [-0.25, -0.2) is 4.37 Å². The number of dihydropyridines is 1. The van der Waals surface area contributed by atoms with Gasteiger partial charge in [-0.2, -0.15) is 0 Å². The largest absolute Gasteiger partial charge is 0.444 e. The zero-order chi connectivity index (χ0) is 16.0. The van der Waals surface area contributed by atoms with Crippen LogP contribution in [0.25, 0.3) is 10.4 Å². The lowest BCUT2D eigenvalue weighted by Crippen LogP contribution is -2.24. The summed E-state index contributed by atoms with van der Waals surface area (Å²) >= 11 is 2.66. The maximum Gasteiger partial charge on any atom is 0.259 e. The number of carbonyl (C=O) groups excluding carboxylic acids is 1. The van der Waals surface area contributed by atoms with Crippen LogP contribution >= 0.6 is 22.9 Å². The van der Waals surface area contributed by atoms with Crippen LogP contribution in [0.2, 0.25) is 0 Å². The van der Waals surface area contributed by atoms with E-state index in [9.17, 15) is 9.90 Å². The van der Waals surface area contributed by atoms with Gasteiger partial charge in [-0.1, -0.05) is 11.3 Å². The normalized spacial score (nSPS) is 18.7. The Morgan fingerprint density at radius 3 is 3.09 bits per heavy atom. The number of allylic oxidation sites excluding steroid dienone is 1. The standard InChI is InChI=1S/C15H13N3O3S2/c16-14(20)13-9-3-1-7-5-18-23-12(7)11(9)15(22-13)21-8-2-4-10(19)17-6-8/h2,4-6,10,17,19H,1,3H2,(H2,16,20). The van der Waals surface area contributed by atoms with Gasteiger partial charge in [-0.15, -0.1) is 0 Å². The number of fused-ring (bicyclic) bond motifs is 3. The van der Waals surface area contributed by atoms with Crippen molar-refractivity contribution in [3.63, 3.8) is 0 Å². The van der Waals surface area contributed by atoms with Crippen LogP contribution < -0.4 is 15.8 Å². The van der Waals surface area contributed by atoms with Gasteiger partial charge in [0, 0.05) is 12.4 Å². The number of ether oxygens (including phenoxy) is 1. The highest BCUT2D eigenvalue weighted by Gasteiger charge is 2.30. The van der Waals surface area contributed by atoms with Crippen LogP contribution in [0.5, 0.6) is 5.06 Å². The van der Waals surface area contributed by atoms with Crippen molar-refractivity contribution in [3.05, 3.63) is 46.3 Å². The molecule has 118 valence electrons. The lowest BCUT2D eigenvalue weighted by Gasteiger charge is -2.16. The first kappa shape index (κ1) is 14.4. The number of aryl methyl sites for hydroxylation is 1. The number of hydrogen-bond acceptors (Lipinski definition) is 7. The molecule has 2 aromatic rings. The summed E-state index contributed by atoms with van der Waals surface area (Å²) in [5, 5.41) is 12.8. The molecule has 6 nitrogen and oxygen atoms in total. The van der Waals surface area contributed by atoms with Gasteiger partial charge in [0.1, 0.15) is 12.0 Å². The number of aliphatic hydroxyl groups is 1. The van der Waals surface area contributed by atoms with Gasteiger partial charge in [0.05, 0.1) is 15.3 Å². The molecule has 1 aliphatic heterocycles. The van der Waals surface area contributed by atoms with Crippen molar-refractivity contribution in [1.82, 2.24) is 9.69 Å². The van der Waals surface area contributed by atoms with E-state index in [4.69, 9.17) is 10.5 Å². The van der Waals surface area contributed by atoms with Crippen LogP contribution in [-0.4, -0.2) is 21.6 Å². The molecule has 0 bridgehead atoms. The second-order valence-electron chi connectivity index (χ2n) is 5.24. The number of nitrogens with zero attached hydrogens (tertiary/aromatic N) is 1. The first-order valence-electron chi connectivity index (χ1n) is 7.03. The molecule has 0 saturated heterocycles. The van der Waals surface area contributed by atoms with Gasteiger partial charge in [-0.05, 0) is 47.7 Å². The molecule has 1 unspecified atom stereocenters. The molecule has 1 atom stereocenters. The topological polar surface area (TPSA) is 97.5 Å². The van der Waals surface area contributed by atoms with Gasteiger partial charge in [-0.3, -0.25) is 4.79 Å². The number of primary amides is 1. The summed E-state index contributed by atoms with van der Waals surface area (Å²) < 4.78 is 10.2. The minimum absolute atomic E-state index is 0.434. The second kappa shape index (κ2) is 5.48. The summed E-state index contributed by atoms with van der Waals surface area (Å²) in [6, 6.07) is 0. The average Bonchev–Trinajstić information content (AvgIpc) is 3.13. The molecule has 2 aliphatic rings. The number of thiophene rings is 1. The number of amides is 1. The van der Waals surface area contributed by atoms with Gasteiger partial charge in [0.25, 0.3) is 5.91 Å². The molecular formula is C15H13N3O3S2. The first-order valence-corrected chi connectivity index (χ1v) is 8.62. The van der Waals surface area contributed by atoms with E-state index in [-0.39, 0.29) is 0 Å². The summed E-state index contributed by atoms with van der Waals surface area (Å²) in [5.74, 6) is 0.128.